The van der Waals surface area contributed by atoms with Crippen molar-refractivity contribution in [1.82, 2.24) is 4.90 Å². The highest BCUT2D eigenvalue weighted by molar-refractivity contribution is 6.28. The molecule has 2 aliphatic rings. The molecule has 18 heavy (non-hydrogen) atoms. The summed E-state index contributed by atoms with van der Waals surface area (Å²) in [6.07, 6.45) is 5.06. The molecule has 0 radical (unpaired) electrons. The number of nitrogens with zero attached hydrogens (tertiary/aromatic N) is 1. The fourth-order valence-electron chi connectivity index (χ4n) is 3.31. The Labute approximate surface area is 113 Å². The van der Waals surface area contributed by atoms with E-state index in [1.165, 1.54) is 38.8 Å². The smallest absolute Gasteiger partial charge is 0.193 e. The van der Waals surface area contributed by atoms with Gasteiger partial charge in [0.2, 0.25) is 0 Å². The van der Waals surface area contributed by atoms with E-state index < -0.39 is 0 Å². The van der Waals surface area contributed by atoms with E-state index in [1.54, 1.807) is 0 Å². The van der Waals surface area contributed by atoms with E-state index in [9.17, 15) is 0 Å². The molecule has 3 heterocycles. The van der Waals surface area contributed by atoms with Crippen molar-refractivity contribution in [2.45, 2.75) is 32.2 Å². The third-order valence-electron chi connectivity index (χ3n) is 4.30. The van der Waals surface area contributed by atoms with E-state index >= 15 is 0 Å². The Bertz CT molecular complexity index is 393. The van der Waals surface area contributed by atoms with Gasteiger partial charge in [0.05, 0.1) is 6.54 Å². The van der Waals surface area contributed by atoms with Gasteiger partial charge in [0.25, 0.3) is 0 Å². The van der Waals surface area contributed by atoms with Crippen molar-refractivity contribution < 1.29 is 9.15 Å². The second-order valence-corrected chi connectivity index (χ2v) is 6.00. The van der Waals surface area contributed by atoms with Crippen LogP contribution in [0, 0.1) is 5.41 Å². The van der Waals surface area contributed by atoms with Gasteiger partial charge in [-0.2, -0.15) is 0 Å². The highest BCUT2D eigenvalue weighted by Crippen LogP contribution is 2.39. The molecule has 1 spiro atoms. The summed E-state index contributed by atoms with van der Waals surface area (Å²) in [7, 11) is 0. The van der Waals surface area contributed by atoms with E-state index in [0.717, 1.165) is 25.5 Å². The molecule has 0 N–H and O–H groups in total. The lowest BCUT2D eigenvalue weighted by Gasteiger charge is -2.44. The molecule has 0 bridgehead atoms. The first kappa shape index (κ1) is 12.5. The second kappa shape index (κ2) is 5.24. The maximum atomic E-state index is 5.82. The molecular formula is C14H20ClNO2. The number of likely N-dealkylation sites (tertiary alicyclic amines) is 1. The van der Waals surface area contributed by atoms with Crippen LogP contribution >= 0.6 is 11.6 Å². The van der Waals surface area contributed by atoms with E-state index in [4.69, 9.17) is 20.8 Å². The Kier molecular flexibility index (Phi) is 3.64. The minimum absolute atomic E-state index is 0.489. The maximum Gasteiger partial charge on any atom is 0.193 e. The van der Waals surface area contributed by atoms with Crippen molar-refractivity contribution in [3.05, 3.63) is 23.1 Å². The van der Waals surface area contributed by atoms with Crippen molar-refractivity contribution in [3.8, 4) is 0 Å². The summed E-state index contributed by atoms with van der Waals surface area (Å²) < 4.78 is 11.0. The molecule has 0 atom stereocenters. The Balaban J connectivity index is 1.63. The van der Waals surface area contributed by atoms with E-state index in [-0.39, 0.29) is 0 Å². The zero-order chi connectivity index (χ0) is 12.4. The normalized spacial score (nSPS) is 24.5. The number of hydrogen-bond donors (Lipinski definition) is 0. The molecule has 3 nitrogen and oxygen atoms in total. The van der Waals surface area contributed by atoms with Gasteiger partial charge in [-0.25, -0.2) is 0 Å². The summed E-state index contributed by atoms with van der Waals surface area (Å²) in [6.45, 7) is 5.09. The summed E-state index contributed by atoms with van der Waals surface area (Å²) in [5.41, 5.74) is 0.493. The molecule has 0 aliphatic carbocycles. The van der Waals surface area contributed by atoms with Crippen LogP contribution in [-0.2, 0) is 11.3 Å². The number of piperidine rings is 1. The van der Waals surface area contributed by atoms with Crippen molar-refractivity contribution >= 4 is 11.6 Å². The van der Waals surface area contributed by atoms with Gasteiger partial charge < -0.3 is 9.15 Å². The fourth-order valence-corrected chi connectivity index (χ4v) is 3.48. The van der Waals surface area contributed by atoms with Crippen LogP contribution in [0.2, 0.25) is 5.22 Å². The lowest BCUT2D eigenvalue weighted by Crippen LogP contribution is -2.45. The predicted molar refractivity (Wildman–Crippen MR) is 70.7 cm³/mol. The number of halogens is 1. The minimum atomic E-state index is 0.489. The van der Waals surface area contributed by atoms with Gasteiger partial charge >= 0.3 is 0 Å². The SMILES string of the molecule is Clc1ccc(CN2CCCC3(CCOCC3)C2)o1. The molecule has 1 aromatic rings. The maximum absolute atomic E-state index is 5.82. The Morgan fingerprint density at radius 2 is 2.06 bits per heavy atom. The monoisotopic (exact) mass is 269 g/mol. The topological polar surface area (TPSA) is 25.6 Å². The number of rotatable bonds is 2. The summed E-state index contributed by atoms with van der Waals surface area (Å²) in [4.78, 5) is 2.50. The van der Waals surface area contributed by atoms with Crippen LogP contribution in [0.25, 0.3) is 0 Å². The van der Waals surface area contributed by atoms with Gasteiger partial charge in [0.1, 0.15) is 5.76 Å². The summed E-state index contributed by atoms with van der Waals surface area (Å²) in [5.74, 6) is 0.976. The second-order valence-electron chi connectivity index (χ2n) is 5.63. The highest BCUT2D eigenvalue weighted by Gasteiger charge is 2.36. The van der Waals surface area contributed by atoms with Gasteiger partial charge in [-0.05, 0) is 61.4 Å². The number of furan rings is 1. The molecule has 0 aromatic carbocycles. The van der Waals surface area contributed by atoms with Crippen molar-refractivity contribution in [1.29, 1.82) is 0 Å². The van der Waals surface area contributed by atoms with Gasteiger partial charge in [0, 0.05) is 19.8 Å². The molecular weight excluding hydrogens is 250 g/mol. The molecule has 2 saturated heterocycles. The lowest BCUT2D eigenvalue weighted by atomic mass is 9.74. The molecule has 3 rings (SSSR count). The summed E-state index contributed by atoms with van der Waals surface area (Å²) >= 11 is 5.82. The van der Waals surface area contributed by atoms with Gasteiger partial charge in [-0.1, -0.05) is 0 Å². The largest absolute Gasteiger partial charge is 0.448 e. The molecule has 0 unspecified atom stereocenters. The summed E-state index contributed by atoms with van der Waals surface area (Å²) in [5, 5.41) is 0.489. The van der Waals surface area contributed by atoms with Crippen molar-refractivity contribution in [3.63, 3.8) is 0 Å². The zero-order valence-corrected chi connectivity index (χ0v) is 11.4. The van der Waals surface area contributed by atoms with E-state index in [2.05, 4.69) is 4.90 Å². The molecule has 1 aromatic heterocycles. The first-order chi connectivity index (χ1) is 8.76. The van der Waals surface area contributed by atoms with Crippen LogP contribution in [-0.4, -0.2) is 31.2 Å². The number of hydrogen-bond acceptors (Lipinski definition) is 3. The molecule has 100 valence electrons. The van der Waals surface area contributed by atoms with Gasteiger partial charge in [0.15, 0.2) is 5.22 Å². The van der Waals surface area contributed by atoms with E-state index in [0.29, 0.717) is 10.6 Å². The fraction of sp³-hybridized carbons (Fsp3) is 0.714. The first-order valence-corrected chi connectivity index (χ1v) is 7.18. The molecule has 0 saturated carbocycles. The number of ether oxygens (including phenoxy) is 1. The quantitative estimate of drug-likeness (QED) is 0.824. The van der Waals surface area contributed by atoms with Crippen LogP contribution in [0.1, 0.15) is 31.4 Å². The van der Waals surface area contributed by atoms with Crippen LogP contribution in [0.3, 0.4) is 0 Å². The summed E-state index contributed by atoms with van der Waals surface area (Å²) in [6, 6.07) is 3.80. The van der Waals surface area contributed by atoms with Crippen LogP contribution in [0.4, 0.5) is 0 Å². The zero-order valence-electron chi connectivity index (χ0n) is 10.7. The average Bonchev–Trinajstić information content (AvgIpc) is 2.76. The van der Waals surface area contributed by atoms with Crippen molar-refractivity contribution in [2.75, 3.05) is 26.3 Å². The Morgan fingerprint density at radius 1 is 1.22 bits per heavy atom. The Morgan fingerprint density at radius 3 is 2.78 bits per heavy atom. The highest BCUT2D eigenvalue weighted by atomic mass is 35.5. The third-order valence-corrected chi connectivity index (χ3v) is 4.51. The van der Waals surface area contributed by atoms with Crippen LogP contribution in [0.5, 0.6) is 0 Å². The molecule has 4 heteroatoms. The van der Waals surface area contributed by atoms with Crippen LogP contribution in [0.15, 0.2) is 16.5 Å². The van der Waals surface area contributed by atoms with Gasteiger partial charge in [-0.15, -0.1) is 0 Å². The molecule has 0 amide bonds. The predicted octanol–water partition coefficient (Wildman–Crippen LogP) is 3.33. The van der Waals surface area contributed by atoms with Crippen molar-refractivity contribution in [2.24, 2.45) is 5.41 Å². The van der Waals surface area contributed by atoms with E-state index in [1.807, 2.05) is 12.1 Å². The Hall–Kier alpha value is -0.510. The molecule has 2 fully saturated rings. The lowest BCUT2D eigenvalue weighted by molar-refractivity contribution is -0.0302. The minimum Gasteiger partial charge on any atom is -0.448 e. The molecule has 2 aliphatic heterocycles. The van der Waals surface area contributed by atoms with Crippen LogP contribution < -0.4 is 0 Å². The standard InChI is InChI=1S/C14H20ClNO2/c15-13-3-2-12(18-13)10-16-7-1-4-14(11-16)5-8-17-9-6-14/h2-3H,1,4-11H2. The third kappa shape index (κ3) is 2.73. The average molecular weight is 270 g/mol. The first-order valence-electron chi connectivity index (χ1n) is 6.80. The van der Waals surface area contributed by atoms with Gasteiger partial charge in [-0.3, -0.25) is 4.90 Å².